The Morgan fingerprint density at radius 2 is 1.75 bits per heavy atom. The van der Waals surface area contributed by atoms with Gasteiger partial charge in [-0.15, -0.1) is 0 Å². The number of nitrogens with zero attached hydrogens (tertiary/aromatic N) is 4. The monoisotopic (exact) mass is 564 g/mol. The van der Waals surface area contributed by atoms with E-state index in [1.54, 1.807) is 11.8 Å². The molecule has 2 heterocycles. The van der Waals surface area contributed by atoms with Gasteiger partial charge in [-0.2, -0.15) is 4.98 Å². The van der Waals surface area contributed by atoms with Gasteiger partial charge >= 0.3 is 0 Å². The molecule has 1 atom stereocenters. The van der Waals surface area contributed by atoms with E-state index in [0.29, 0.717) is 6.54 Å². The molecular formula is C33H48N4O2S. The molecule has 0 saturated heterocycles. The highest BCUT2D eigenvalue weighted by Gasteiger charge is 2.30. The number of benzene rings is 1. The van der Waals surface area contributed by atoms with Gasteiger partial charge in [0.2, 0.25) is 6.23 Å². The maximum Gasteiger partial charge on any atom is 0.277 e. The Balaban J connectivity index is 1.51. The summed E-state index contributed by atoms with van der Waals surface area (Å²) in [6.45, 7) is 7.17. The topological polar surface area (TPSA) is 59.7 Å². The first kappa shape index (κ1) is 30.4. The fraction of sp³-hybridized carbons (Fsp3) is 0.606. The molecule has 4 rings (SSSR count). The van der Waals surface area contributed by atoms with Crippen LogP contribution in [0.15, 0.2) is 51.6 Å². The van der Waals surface area contributed by atoms with Crippen LogP contribution in [0.4, 0.5) is 0 Å². The van der Waals surface area contributed by atoms with Crippen LogP contribution in [0.25, 0.3) is 0 Å². The van der Waals surface area contributed by atoms with Crippen molar-refractivity contribution in [3.05, 3.63) is 69.3 Å². The van der Waals surface area contributed by atoms with Gasteiger partial charge in [-0.05, 0) is 51.0 Å². The maximum absolute atomic E-state index is 12.9. The first-order chi connectivity index (χ1) is 19.6. The number of hydrogen-bond donors (Lipinski definition) is 0. The first-order valence-corrected chi connectivity index (χ1v) is 16.6. The molecule has 1 aliphatic carbocycles. The largest absolute Gasteiger partial charge is 0.368 e. The minimum Gasteiger partial charge on any atom is -0.368 e. The lowest BCUT2D eigenvalue weighted by Gasteiger charge is -2.24. The predicted molar refractivity (Wildman–Crippen MR) is 167 cm³/mol. The van der Waals surface area contributed by atoms with Crippen LogP contribution in [-0.4, -0.2) is 26.5 Å². The van der Waals surface area contributed by atoms with Gasteiger partial charge in [-0.1, -0.05) is 112 Å². The van der Waals surface area contributed by atoms with Gasteiger partial charge in [0, 0.05) is 29.6 Å². The molecule has 1 aliphatic heterocycles. The van der Waals surface area contributed by atoms with E-state index in [1.165, 1.54) is 62.5 Å². The summed E-state index contributed by atoms with van der Waals surface area (Å²) in [5.41, 5.74) is 4.42. The lowest BCUT2D eigenvalue weighted by atomic mass is 10.1. The number of rotatable bonds is 17. The number of amidine groups is 1. The molecule has 0 radical (unpaired) electrons. The Bertz CT molecular complexity index is 1190. The van der Waals surface area contributed by atoms with Crippen molar-refractivity contribution in [2.45, 2.75) is 134 Å². The Morgan fingerprint density at radius 1 is 1.00 bits per heavy atom. The number of allylic oxidation sites excluding steroid dienone is 1. The second-order valence-electron chi connectivity index (χ2n) is 11.3. The number of thioether (sulfide) groups is 1. The van der Waals surface area contributed by atoms with Gasteiger partial charge in [0.15, 0.2) is 11.0 Å². The molecule has 0 N–H and O–H groups in total. The smallest absolute Gasteiger partial charge is 0.277 e. The third-order valence-corrected chi connectivity index (χ3v) is 8.97. The zero-order valence-electron chi connectivity index (χ0n) is 24.9. The van der Waals surface area contributed by atoms with Crippen molar-refractivity contribution >= 4 is 17.6 Å². The second kappa shape index (κ2) is 16.0. The Labute approximate surface area is 245 Å². The highest BCUT2D eigenvalue weighted by molar-refractivity contribution is 7.98. The number of unbranched alkanes of at least 4 members (excludes halogenated alkanes) is 8. The standard InChI is InChI=1S/C33H48N4O2S/c1-4-6-8-10-12-14-23-36-30(35-39-31(36)18-13-11-9-7-5-2)24-37-29-17-15-16-28(29)32(38)34-33(37)40-25-27-21-19-26(3)20-22-27/h14,19-23,31H,4-13,15-18,24-25H2,1-3H3/b23-14+. The van der Waals surface area contributed by atoms with Gasteiger partial charge in [0.1, 0.15) is 0 Å². The van der Waals surface area contributed by atoms with E-state index in [-0.39, 0.29) is 11.8 Å². The molecule has 2 aliphatic rings. The van der Waals surface area contributed by atoms with Crippen LogP contribution in [-0.2, 0) is 30.0 Å². The SMILES string of the molecule is CCCCCC/C=C/N1C(Cn2c(SCc3ccc(C)cc3)nc(=O)c3c2CCC3)=NOC1CCCCCCC. The van der Waals surface area contributed by atoms with Crippen molar-refractivity contribution in [1.82, 2.24) is 14.5 Å². The number of aromatic nitrogens is 2. The number of oxime groups is 1. The van der Waals surface area contributed by atoms with Crippen LogP contribution < -0.4 is 5.56 Å². The predicted octanol–water partition coefficient (Wildman–Crippen LogP) is 8.15. The Hall–Kier alpha value is -2.54. The Morgan fingerprint density at radius 3 is 2.52 bits per heavy atom. The highest BCUT2D eigenvalue weighted by Crippen LogP contribution is 2.28. The van der Waals surface area contributed by atoms with E-state index in [4.69, 9.17) is 4.84 Å². The van der Waals surface area contributed by atoms with Crippen LogP contribution in [0.1, 0.15) is 113 Å². The van der Waals surface area contributed by atoms with Crippen LogP contribution in [0, 0.1) is 6.92 Å². The molecular weight excluding hydrogens is 516 g/mol. The zero-order chi connectivity index (χ0) is 28.2. The molecule has 1 aromatic heterocycles. The number of hydrogen-bond acceptors (Lipinski definition) is 6. The van der Waals surface area contributed by atoms with E-state index in [1.807, 2.05) is 0 Å². The fourth-order valence-corrected chi connectivity index (χ4v) is 6.47. The molecule has 7 heteroatoms. The quantitative estimate of drug-likeness (QED) is 0.110. The maximum atomic E-state index is 12.9. The van der Waals surface area contributed by atoms with Crippen molar-refractivity contribution in [3.63, 3.8) is 0 Å². The van der Waals surface area contributed by atoms with Crippen molar-refractivity contribution < 1.29 is 4.84 Å². The number of aryl methyl sites for hydroxylation is 1. The van der Waals surface area contributed by atoms with Gasteiger partial charge in [0.05, 0.1) is 6.54 Å². The van der Waals surface area contributed by atoms with Gasteiger partial charge in [0.25, 0.3) is 5.56 Å². The summed E-state index contributed by atoms with van der Waals surface area (Å²) in [5, 5.41) is 5.39. The van der Waals surface area contributed by atoms with Gasteiger partial charge in [-0.3, -0.25) is 9.69 Å². The summed E-state index contributed by atoms with van der Waals surface area (Å²) in [4.78, 5) is 25.8. The lowest BCUT2D eigenvalue weighted by molar-refractivity contribution is 0.0198. The van der Waals surface area contributed by atoms with Gasteiger partial charge < -0.3 is 9.40 Å². The summed E-state index contributed by atoms with van der Waals surface area (Å²) < 4.78 is 2.25. The highest BCUT2D eigenvalue weighted by atomic mass is 32.2. The minimum atomic E-state index is -0.0624. The molecule has 0 bridgehead atoms. The summed E-state index contributed by atoms with van der Waals surface area (Å²) in [7, 11) is 0. The van der Waals surface area contributed by atoms with Crippen molar-refractivity contribution in [1.29, 1.82) is 0 Å². The van der Waals surface area contributed by atoms with Crippen LogP contribution >= 0.6 is 11.8 Å². The molecule has 1 aromatic carbocycles. The van der Waals surface area contributed by atoms with E-state index >= 15 is 0 Å². The van der Waals surface area contributed by atoms with Crippen molar-refractivity contribution in [2.24, 2.45) is 5.16 Å². The van der Waals surface area contributed by atoms with Crippen molar-refractivity contribution in [2.75, 3.05) is 0 Å². The van der Waals surface area contributed by atoms with Crippen LogP contribution in [0.2, 0.25) is 0 Å². The average molecular weight is 565 g/mol. The summed E-state index contributed by atoms with van der Waals surface area (Å²) in [5.74, 6) is 1.68. The van der Waals surface area contributed by atoms with E-state index < -0.39 is 0 Å². The molecule has 6 nitrogen and oxygen atoms in total. The van der Waals surface area contributed by atoms with Crippen molar-refractivity contribution in [3.8, 4) is 0 Å². The molecule has 218 valence electrons. The molecule has 0 amide bonds. The van der Waals surface area contributed by atoms with Gasteiger partial charge in [-0.25, -0.2) is 0 Å². The normalized spacial score (nSPS) is 16.5. The van der Waals surface area contributed by atoms with Crippen LogP contribution in [0.3, 0.4) is 0 Å². The number of fused-ring (bicyclic) bond motifs is 1. The van der Waals surface area contributed by atoms with E-state index in [9.17, 15) is 4.79 Å². The minimum absolute atomic E-state index is 0.0615. The van der Waals surface area contributed by atoms with E-state index in [0.717, 1.165) is 66.5 Å². The third kappa shape index (κ3) is 8.48. The molecule has 0 fully saturated rings. The third-order valence-electron chi connectivity index (χ3n) is 7.92. The zero-order valence-corrected chi connectivity index (χ0v) is 25.7. The summed E-state index contributed by atoms with van der Waals surface area (Å²) in [6.07, 6.45) is 20.4. The first-order valence-electron chi connectivity index (χ1n) is 15.6. The molecule has 2 aromatic rings. The molecule has 0 saturated carbocycles. The summed E-state index contributed by atoms with van der Waals surface area (Å²) >= 11 is 1.64. The molecule has 1 unspecified atom stereocenters. The second-order valence-corrected chi connectivity index (χ2v) is 12.2. The average Bonchev–Trinajstić information content (AvgIpc) is 3.60. The molecule has 40 heavy (non-hydrogen) atoms. The van der Waals surface area contributed by atoms with Crippen LogP contribution in [0.5, 0.6) is 0 Å². The molecule has 0 spiro atoms. The Kier molecular flexibility index (Phi) is 12.2. The lowest BCUT2D eigenvalue weighted by Crippen LogP contribution is -2.35. The van der Waals surface area contributed by atoms with E-state index in [2.05, 4.69) is 76.9 Å². The summed E-state index contributed by atoms with van der Waals surface area (Å²) in [6, 6.07) is 8.59. The fourth-order valence-electron chi connectivity index (χ4n) is 5.50.